The Morgan fingerprint density at radius 3 is 2.41 bits per heavy atom. The van der Waals surface area contributed by atoms with Crippen LogP contribution in [0.15, 0.2) is 59.8 Å². The first kappa shape index (κ1) is 18.7. The molecule has 0 saturated carbocycles. The summed E-state index contributed by atoms with van der Waals surface area (Å²) in [6, 6.07) is 17.8. The number of oxime groups is 1. The first-order valence-electron chi connectivity index (χ1n) is 8.38. The van der Waals surface area contributed by atoms with E-state index < -0.39 is 11.8 Å². The first-order chi connectivity index (χ1) is 12.9. The Bertz CT molecular complexity index is 904. The zero-order chi connectivity index (χ0) is 19.6. The van der Waals surface area contributed by atoms with Crippen molar-refractivity contribution >= 4 is 29.0 Å². The molecule has 0 aromatic heterocycles. The summed E-state index contributed by atoms with van der Waals surface area (Å²) in [5.41, 5.74) is 0.760. The van der Waals surface area contributed by atoms with E-state index in [0.29, 0.717) is 16.3 Å². The Kier molecular flexibility index (Phi) is 5.06. The minimum atomic E-state index is -0.719. The number of nitriles is 1. The number of amides is 2. The fourth-order valence-electron chi connectivity index (χ4n) is 2.85. The highest BCUT2D eigenvalue weighted by molar-refractivity contribution is 6.30. The van der Waals surface area contributed by atoms with E-state index in [1.54, 1.807) is 48.3 Å². The van der Waals surface area contributed by atoms with E-state index in [2.05, 4.69) is 5.16 Å². The number of rotatable bonds is 4. The van der Waals surface area contributed by atoms with Gasteiger partial charge in [0.25, 0.3) is 0 Å². The molecule has 1 atom stereocenters. The molecule has 27 heavy (non-hydrogen) atoms. The van der Waals surface area contributed by atoms with Gasteiger partial charge in [0.05, 0.1) is 5.54 Å². The van der Waals surface area contributed by atoms with Gasteiger partial charge < -0.3 is 9.74 Å². The molecule has 2 aromatic rings. The van der Waals surface area contributed by atoms with Crippen LogP contribution < -0.4 is 4.90 Å². The first-order valence-corrected chi connectivity index (χ1v) is 8.76. The Morgan fingerprint density at radius 2 is 1.81 bits per heavy atom. The van der Waals surface area contributed by atoms with Gasteiger partial charge in [-0.2, -0.15) is 5.26 Å². The maximum Gasteiger partial charge on any atom is 0.327 e. The molecule has 2 amide bonds. The van der Waals surface area contributed by atoms with Crippen LogP contribution >= 0.6 is 11.6 Å². The number of halogens is 1. The highest BCUT2D eigenvalue weighted by Gasteiger charge is 2.52. The van der Waals surface area contributed by atoms with E-state index in [1.165, 1.54) is 4.90 Å². The third-order valence-corrected chi connectivity index (χ3v) is 4.95. The summed E-state index contributed by atoms with van der Waals surface area (Å²) < 4.78 is 0. The fraction of sp³-hybridized carbons (Fsp3) is 0.250. The summed E-state index contributed by atoms with van der Waals surface area (Å²) in [7, 11) is 1.71. The molecule has 0 bridgehead atoms. The number of benzene rings is 2. The molecule has 3 rings (SSSR count). The number of hydrogen-bond donors (Lipinski definition) is 0. The van der Waals surface area contributed by atoms with Crippen molar-refractivity contribution in [3.63, 3.8) is 0 Å². The number of carbonyl (C=O) groups excluding carboxylic acids is 1. The van der Waals surface area contributed by atoms with Crippen LogP contribution in [0.25, 0.3) is 0 Å². The van der Waals surface area contributed by atoms with Gasteiger partial charge >= 0.3 is 6.03 Å². The van der Waals surface area contributed by atoms with Crippen molar-refractivity contribution < 1.29 is 9.63 Å². The monoisotopic (exact) mass is 382 g/mol. The standard InChI is InChI=1S/C20H19ClN4O2/c1-20(2)18(27-23-17(13-22)14-7-5-4-6-8-14)25(19(26)24(20)3)16-11-9-15(21)10-12-16/h4-12,18H,1-3H3/b23-17-. The lowest BCUT2D eigenvalue weighted by Crippen LogP contribution is -2.46. The van der Waals surface area contributed by atoms with Crippen LogP contribution in [0.2, 0.25) is 5.02 Å². The molecule has 0 N–H and O–H groups in total. The van der Waals surface area contributed by atoms with Crippen LogP contribution in [0.3, 0.4) is 0 Å². The van der Waals surface area contributed by atoms with Crippen LogP contribution in [0.4, 0.5) is 10.5 Å². The van der Waals surface area contributed by atoms with Gasteiger partial charge in [0.1, 0.15) is 6.07 Å². The summed E-state index contributed by atoms with van der Waals surface area (Å²) in [6.45, 7) is 3.77. The molecule has 1 aliphatic heterocycles. The van der Waals surface area contributed by atoms with Gasteiger partial charge in [0.2, 0.25) is 6.23 Å². The minimum absolute atomic E-state index is 0.143. The number of carbonyl (C=O) groups is 1. The molecule has 1 saturated heterocycles. The second-order valence-corrected chi connectivity index (χ2v) is 7.15. The molecule has 0 aliphatic carbocycles. The van der Waals surface area contributed by atoms with Crippen molar-refractivity contribution in [1.29, 1.82) is 5.26 Å². The Labute approximate surface area is 163 Å². The SMILES string of the molecule is CN1C(=O)N(c2ccc(Cl)cc2)C(O/N=C(/C#N)c2ccccc2)C1(C)C. The summed E-state index contributed by atoms with van der Waals surface area (Å²) in [4.78, 5) is 21.7. The largest absolute Gasteiger partial charge is 0.366 e. The molecule has 1 heterocycles. The van der Waals surface area contributed by atoms with Gasteiger partial charge in [-0.05, 0) is 38.1 Å². The van der Waals surface area contributed by atoms with E-state index in [9.17, 15) is 10.1 Å². The third kappa shape index (κ3) is 3.46. The average Bonchev–Trinajstić information content (AvgIpc) is 2.84. The number of hydrogen-bond acceptors (Lipinski definition) is 4. The van der Waals surface area contributed by atoms with Crippen LogP contribution in [-0.4, -0.2) is 35.5 Å². The molecule has 1 unspecified atom stereocenters. The van der Waals surface area contributed by atoms with Crippen molar-refractivity contribution in [2.45, 2.75) is 25.6 Å². The molecule has 138 valence electrons. The van der Waals surface area contributed by atoms with Gasteiger partial charge in [0, 0.05) is 23.3 Å². The number of likely N-dealkylation sites (N-methyl/N-ethyl adjacent to an activating group) is 1. The summed E-state index contributed by atoms with van der Waals surface area (Å²) >= 11 is 5.96. The molecular weight excluding hydrogens is 364 g/mol. The highest BCUT2D eigenvalue weighted by Crippen LogP contribution is 2.36. The number of urea groups is 1. The summed E-state index contributed by atoms with van der Waals surface area (Å²) in [5.74, 6) is 0. The smallest absolute Gasteiger partial charge is 0.327 e. The quantitative estimate of drug-likeness (QED) is 0.586. The fourth-order valence-corrected chi connectivity index (χ4v) is 2.98. The lowest BCUT2D eigenvalue weighted by atomic mass is 10.0. The Morgan fingerprint density at radius 1 is 1.19 bits per heavy atom. The minimum Gasteiger partial charge on any atom is -0.366 e. The lowest BCUT2D eigenvalue weighted by Gasteiger charge is -2.31. The molecule has 6 nitrogen and oxygen atoms in total. The zero-order valence-electron chi connectivity index (χ0n) is 15.3. The molecule has 1 fully saturated rings. The molecule has 2 aromatic carbocycles. The van der Waals surface area contributed by atoms with Crippen molar-refractivity contribution in [2.75, 3.05) is 11.9 Å². The highest BCUT2D eigenvalue weighted by atomic mass is 35.5. The van der Waals surface area contributed by atoms with E-state index in [0.717, 1.165) is 0 Å². The summed E-state index contributed by atoms with van der Waals surface area (Å²) in [5, 5.41) is 14.1. The maximum atomic E-state index is 12.8. The predicted molar refractivity (Wildman–Crippen MR) is 105 cm³/mol. The molecule has 0 spiro atoms. The van der Waals surface area contributed by atoms with Gasteiger partial charge in [-0.15, -0.1) is 0 Å². The maximum absolute atomic E-state index is 12.8. The van der Waals surface area contributed by atoms with Gasteiger partial charge in [-0.25, -0.2) is 4.79 Å². The predicted octanol–water partition coefficient (Wildman–Crippen LogP) is 4.26. The number of nitrogens with zero attached hydrogens (tertiary/aromatic N) is 4. The van der Waals surface area contributed by atoms with Crippen molar-refractivity contribution in [2.24, 2.45) is 5.16 Å². The van der Waals surface area contributed by atoms with Gasteiger partial charge in [-0.3, -0.25) is 4.90 Å². The van der Waals surface area contributed by atoms with Crippen LogP contribution in [0.1, 0.15) is 19.4 Å². The lowest BCUT2D eigenvalue weighted by molar-refractivity contribution is 0.000881. The van der Waals surface area contributed by atoms with E-state index >= 15 is 0 Å². The van der Waals surface area contributed by atoms with Crippen molar-refractivity contribution in [3.05, 3.63) is 65.2 Å². The van der Waals surface area contributed by atoms with E-state index in [-0.39, 0.29) is 11.7 Å². The molecule has 7 heteroatoms. The average molecular weight is 383 g/mol. The van der Waals surface area contributed by atoms with E-state index in [1.807, 2.05) is 38.1 Å². The zero-order valence-corrected chi connectivity index (χ0v) is 16.0. The molecule has 0 radical (unpaired) electrons. The van der Waals surface area contributed by atoms with Crippen LogP contribution in [0.5, 0.6) is 0 Å². The molecular formula is C20H19ClN4O2. The van der Waals surface area contributed by atoms with E-state index in [4.69, 9.17) is 16.4 Å². The third-order valence-electron chi connectivity index (χ3n) is 4.70. The van der Waals surface area contributed by atoms with Crippen molar-refractivity contribution in [1.82, 2.24) is 4.90 Å². The topological polar surface area (TPSA) is 68.9 Å². The van der Waals surface area contributed by atoms with Crippen LogP contribution in [-0.2, 0) is 4.84 Å². The Hall–Kier alpha value is -3.04. The molecule has 1 aliphatic rings. The van der Waals surface area contributed by atoms with Gasteiger partial charge in [-0.1, -0.05) is 47.1 Å². The Balaban J connectivity index is 1.97. The van der Waals surface area contributed by atoms with Crippen molar-refractivity contribution in [3.8, 4) is 6.07 Å². The number of anilines is 1. The summed E-state index contributed by atoms with van der Waals surface area (Å²) in [6.07, 6.45) is -0.719. The second kappa shape index (κ2) is 7.29. The normalized spacial score (nSPS) is 19.1. The van der Waals surface area contributed by atoms with Gasteiger partial charge in [0.15, 0.2) is 5.71 Å². The van der Waals surface area contributed by atoms with Crippen LogP contribution in [0, 0.1) is 11.3 Å². The second-order valence-electron chi connectivity index (χ2n) is 6.72.